The number of pyridine rings is 1. The van der Waals surface area contributed by atoms with Gasteiger partial charge in [-0.1, -0.05) is 54.6 Å². The van der Waals surface area contributed by atoms with Gasteiger partial charge >= 0.3 is 0 Å². The molecule has 0 fully saturated rings. The second kappa shape index (κ2) is 8.79. The van der Waals surface area contributed by atoms with Crippen molar-refractivity contribution < 1.29 is 4.42 Å². The van der Waals surface area contributed by atoms with E-state index < -0.39 is 0 Å². The molecule has 0 amide bonds. The summed E-state index contributed by atoms with van der Waals surface area (Å²) in [7, 11) is 0. The maximum atomic E-state index is 5.42. The Morgan fingerprint density at radius 2 is 1.54 bits per heavy atom. The molecular weight excluding hydrogens is 498 g/mol. The van der Waals surface area contributed by atoms with E-state index in [9.17, 15) is 0 Å². The summed E-state index contributed by atoms with van der Waals surface area (Å²) in [5.74, 6) is 0. The summed E-state index contributed by atoms with van der Waals surface area (Å²) in [4.78, 5) is 9.63. The van der Waals surface area contributed by atoms with Crippen molar-refractivity contribution in [2.75, 3.05) is 0 Å². The van der Waals surface area contributed by atoms with E-state index in [2.05, 4.69) is 89.5 Å². The molecule has 0 aliphatic heterocycles. The number of thiazole rings is 1. The Kier molecular flexibility index (Phi) is 4.96. The van der Waals surface area contributed by atoms with Crippen molar-refractivity contribution in [2.45, 2.75) is 0 Å². The summed E-state index contributed by atoms with van der Waals surface area (Å²) in [6.07, 6.45) is 5.33. The van der Waals surface area contributed by atoms with E-state index in [1.165, 1.54) is 15.5 Å². The molecule has 0 bridgehead atoms. The average Bonchev–Trinajstić information content (AvgIpc) is 3.75. The van der Waals surface area contributed by atoms with Crippen LogP contribution in [0, 0.1) is 0 Å². The number of fused-ring (bicyclic) bond motifs is 4. The van der Waals surface area contributed by atoms with Crippen LogP contribution in [0.4, 0.5) is 0 Å². The molecule has 8 rings (SSSR count). The van der Waals surface area contributed by atoms with Gasteiger partial charge in [0.05, 0.1) is 39.5 Å². The molecule has 0 radical (unpaired) electrons. The normalized spacial score (nSPS) is 11.6. The number of rotatable bonds is 4. The minimum atomic E-state index is 0.923. The monoisotopic (exact) mass is 519 g/mol. The van der Waals surface area contributed by atoms with Crippen molar-refractivity contribution in [1.82, 2.24) is 14.5 Å². The molecule has 4 aromatic carbocycles. The molecule has 0 unspecified atom stereocenters. The van der Waals surface area contributed by atoms with E-state index in [0.29, 0.717) is 0 Å². The van der Waals surface area contributed by atoms with Crippen LogP contribution < -0.4 is 0 Å². The standard InChI is InChI=1S/C34H21N3OS/c1-3-10-31-26(7-1)27-14-12-22(34-36-30-9-2-4-11-33(30)39-34)19-32(27)37(31)24-13-15-25(23-16-18-38-21-23)28(20-24)29-8-5-6-17-35-29/h1-21H. The largest absolute Gasteiger partial charge is 0.472 e. The van der Waals surface area contributed by atoms with E-state index in [1.807, 2.05) is 30.5 Å². The zero-order valence-electron chi connectivity index (χ0n) is 20.8. The van der Waals surface area contributed by atoms with Crippen molar-refractivity contribution in [3.63, 3.8) is 0 Å². The number of nitrogens with zero attached hydrogens (tertiary/aromatic N) is 3. The molecule has 4 heterocycles. The van der Waals surface area contributed by atoms with E-state index in [1.54, 1.807) is 23.9 Å². The number of furan rings is 1. The summed E-state index contributed by atoms with van der Waals surface area (Å²) in [5.41, 5.74) is 9.64. The molecule has 0 spiro atoms. The van der Waals surface area contributed by atoms with Gasteiger partial charge in [0.2, 0.25) is 0 Å². The van der Waals surface area contributed by atoms with Crippen molar-refractivity contribution in [2.24, 2.45) is 0 Å². The predicted octanol–water partition coefficient (Wildman–Crippen LogP) is 9.38. The molecule has 0 aliphatic carbocycles. The second-order valence-electron chi connectivity index (χ2n) is 9.53. The summed E-state index contributed by atoms with van der Waals surface area (Å²) < 4.78 is 8.98. The minimum Gasteiger partial charge on any atom is -0.472 e. The number of para-hydroxylation sites is 2. The summed E-state index contributed by atoms with van der Waals surface area (Å²) in [5, 5.41) is 3.47. The molecule has 0 saturated heterocycles. The van der Waals surface area contributed by atoms with Crippen molar-refractivity contribution in [1.29, 1.82) is 0 Å². The molecule has 184 valence electrons. The van der Waals surface area contributed by atoms with E-state index >= 15 is 0 Å². The first-order valence-electron chi connectivity index (χ1n) is 12.8. The zero-order chi connectivity index (χ0) is 25.8. The van der Waals surface area contributed by atoms with Crippen LogP contribution in [0.5, 0.6) is 0 Å². The number of hydrogen-bond acceptors (Lipinski definition) is 4. The third kappa shape index (κ3) is 3.59. The van der Waals surface area contributed by atoms with Gasteiger partial charge < -0.3 is 8.98 Å². The fourth-order valence-electron chi connectivity index (χ4n) is 5.45. The van der Waals surface area contributed by atoms with E-state index in [4.69, 9.17) is 14.4 Å². The lowest BCUT2D eigenvalue weighted by molar-refractivity contribution is 0.568. The Labute approximate surface area is 228 Å². The highest BCUT2D eigenvalue weighted by Gasteiger charge is 2.17. The number of hydrogen-bond donors (Lipinski definition) is 0. The van der Waals surface area contributed by atoms with Crippen LogP contribution in [-0.2, 0) is 0 Å². The summed E-state index contributed by atoms with van der Waals surface area (Å²) in [6.45, 7) is 0. The fourth-order valence-corrected chi connectivity index (χ4v) is 6.41. The van der Waals surface area contributed by atoms with Crippen LogP contribution in [0.25, 0.3) is 70.7 Å². The van der Waals surface area contributed by atoms with Crippen molar-refractivity contribution in [3.05, 3.63) is 128 Å². The molecule has 0 N–H and O–H groups in total. The van der Waals surface area contributed by atoms with Crippen molar-refractivity contribution >= 4 is 43.4 Å². The summed E-state index contributed by atoms with van der Waals surface area (Å²) >= 11 is 1.73. The molecule has 0 saturated carbocycles. The molecule has 39 heavy (non-hydrogen) atoms. The predicted molar refractivity (Wildman–Crippen MR) is 160 cm³/mol. The Hall–Kier alpha value is -5.00. The smallest absolute Gasteiger partial charge is 0.124 e. The number of aromatic nitrogens is 3. The minimum absolute atomic E-state index is 0.923. The quantitative estimate of drug-likeness (QED) is 0.233. The fraction of sp³-hybridized carbons (Fsp3) is 0. The molecule has 4 aromatic heterocycles. The van der Waals surface area contributed by atoms with Gasteiger partial charge in [0.1, 0.15) is 5.01 Å². The Balaban J connectivity index is 1.39. The molecule has 8 aromatic rings. The lowest BCUT2D eigenvalue weighted by Crippen LogP contribution is -1.96. The third-order valence-electron chi connectivity index (χ3n) is 7.25. The van der Waals surface area contributed by atoms with Crippen LogP contribution in [-0.4, -0.2) is 14.5 Å². The zero-order valence-corrected chi connectivity index (χ0v) is 21.6. The Morgan fingerprint density at radius 1 is 0.667 bits per heavy atom. The van der Waals surface area contributed by atoms with Crippen molar-refractivity contribution in [3.8, 4) is 38.6 Å². The van der Waals surface area contributed by atoms with Gasteiger partial charge in [0.15, 0.2) is 0 Å². The van der Waals surface area contributed by atoms with E-state index in [0.717, 1.165) is 55.2 Å². The Bertz CT molecular complexity index is 2090. The highest BCUT2D eigenvalue weighted by molar-refractivity contribution is 7.21. The van der Waals surface area contributed by atoms with Gasteiger partial charge in [-0.15, -0.1) is 11.3 Å². The summed E-state index contributed by atoms with van der Waals surface area (Å²) in [6, 6.07) is 38.2. The lowest BCUT2D eigenvalue weighted by atomic mass is 9.98. The van der Waals surface area contributed by atoms with Crippen LogP contribution in [0.3, 0.4) is 0 Å². The van der Waals surface area contributed by atoms with Crippen LogP contribution in [0.1, 0.15) is 0 Å². The molecule has 0 atom stereocenters. The maximum Gasteiger partial charge on any atom is 0.124 e. The van der Waals surface area contributed by atoms with Gasteiger partial charge in [-0.05, 0) is 60.2 Å². The first-order valence-corrected chi connectivity index (χ1v) is 13.6. The SMILES string of the molecule is c1ccc(-c2cc(-n3c4ccccc4c4ccc(-c5nc6ccccc6s5)cc43)ccc2-c2ccoc2)nc1. The highest BCUT2D eigenvalue weighted by atomic mass is 32.1. The first-order chi connectivity index (χ1) is 19.3. The molecular formula is C34H21N3OS. The molecule has 0 aliphatic rings. The van der Waals surface area contributed by atoms with Gasteiger partial charge in [-0.2, -0.15) is 0 Å². The number of benzene rings is 4. The third-order valence-corrected chi connectivity index (χ3v) is 8.33. The average molecular weight is 520 g/mol. The highest BCUT2D eigenvalue weighted by Crippen LogP contribution is 2.39. The van der Waals surface area contributed by atoms with Gasteiger partial charge in [-0.25, -0.2) is 4.98 Å². The van der Waals surface area contributed by atoms with Gasteiger partial charge in [-0.3, -0.25) is 4.98 Å². The second-order valence-corrected chi connectivity index (χ2v) is 10.6. The Morgan fingerprint density at radius 3 is 2.41 bits per heavy atom. The van der Waals surface area contributed by atoms with Gasteiger partial charge in [0.25, 0.3) is 0 Å². The van der Waals surface area contributed by atoms with E-state index in [-0.39, 0.29) is 0 Å². The van der Waals surface area contributed by atoms with Crippen LogP contribution >= 0.6 is 11.3 Å². The van der Waals surface area contributed by atoms with Gasteiger partial charge in [0, 0.05) is 39.3 Å². The topological polar surface area (TPSA) is 43.9 Å². The van der Waals surface area contributed by atoms with Crippen LogP contribution in [0.2, 0.25) is 0 Å². The lowest BCUT2D eigenvalue weighted by Gasteiger charge is -2.14. The molecule has 5 heteroatoms. The molecule has 4 nitrogen and oxygen atoms in total. The maximum absolute atomic E-state index is 5.42. The first kappa shape index (κ1) is 22.0. The van der Waals surface area contributed by atoms with Crippen LogP contribution in [0.15, 0.2) is 132 Å².